The molecule has 1 saturated heterocycles. The molecule has 0 aromatic heterocycles. The Hall–Kier alpha value is -3.63. The number of amidine groups is 1. The number of nitro groups is 1. The van der Waals surface area contributed by atoms with Crippen molar-refractivity contribution in [1.29, 1.82) is 0 Å². The van der Waals surface area contributed by atoms with Crippen LogP contribution < -0.4 is 9.64 Å². The van der Waals surface area contributed by atoms with Crippen LogP contribution in [0.2, 0.25) is 10.0 Å². The van der Waals surface area contributed by atoms with E-state index in [9.17, 15) is 14.9 Å². The van der Waals surface area contributed by atoms with Gasteiger partial charge in [0.15, 0.2) is 5.17 Å². The van der Waals surface area contributed by atoms with Crippen molar-refractivity contribution in [2.45, 2.75) is 20.5 Å². The zero-order valence-corrected chi connectivity index (χ0v) is 26.2. The molecule has 4 aromatic carbocycles. The predicted octanol–water partition coefficient (Wildman–Crippen LogP) is 9.67. The Morgan fingerprint density at radius 1 is 1.02 bits per heavy atom. The number of amides is 1. The Balaban J connectivity index is 1.60. The molecule has 0 bridgehead atoms. The average Bonchev–Trinajstić information content (AvgIpc) is 3.25. The van der Waals surface area contributed by atoms with Crippen LogP contribution in [0.1, 0.15) is 22.3 Å². The first-order valence-electron chi connectivity index (χ1n) is 12.6. The van der Waals surface area contributed by atoms with E-state index < -0.39 is 4.92 Å². The molecule has 212 valence electrons. The number of hydrogen-bond donors (Lipinski definition) is 0. The highest BCUT2D eigenvalue weighted by molar-refractivity contribution is 9.10. The Morgan fingerprint density at radius 3 is 2.40 bits per heavy atom. The Labute approximate surface area is 265 Å². The Morgan fingerprint density at radius 2 is 1.74 bits per heavy atom. The van der Waals surface area contributed by atoms with Crippen LogP contribution in [0.25, 0.3) is 6.08 Å². The summed E-state index contributed by atoms with van der Waals surface area (Å²) in [6.45, 7) is 3.88. The Bertz CT molecular complexity index is 1760. The van der Waals surface area contributed by atoms with E-state index >= 15 is 0 Å². The van der Waals surface area contributed by atoms with Crippen LogP contribution in [0.4, 0.5) is 17.1 Å². The van der Waals surface area contributed by atoms with Gasteiger partial charge in [0.1, 0.15) is 6.61 Å². The summed E-state index contributed by atoms with van der Waals surface area (Å²) in [5.74, 6) is -0.313. The number of aliphatic imine (C=N–C) groups is 1. The first kappa shape index (κ1) is 29.8. The van der Waals surface area contributed by atoms with E-state index in [-0.39, 0.29) is 24.0 Å². The van der Waals surface area contributed by atoms with Crippen molar-refractivity contribution in [1.82, 2.24) is 0 Å². The fourth-order valence-electron chi connectivity index (χ4n) is 4.36. The number of rotatable bonds is 7. The number of thioether (sulfide) groups is 1. The zero-order chi connectivity index (χ0) is 30.0. The lowest BCUT2D eigenvalue weighted by Gasteiger charge is -2.16. The van der Waals surface area contributed by atoms with Crippen LogP contribution in [-0.2, 0) is 11.4 Å². The van der Waals surface area contributed by atoms with Crippen molar-refractivity contribution in [2.24, 2.45) is 4.99 Å². The summed E-state index contributed by atoms with van der Waals surface area (Å²) in [4.78, 5) is 32.2. The molecule has 0 aliphatic carbocycles. The van der Waals surface area contributed by atoms with Gasteiger partial charge in [0.05, 0.1) is 21.2 Å². The van der Waals surface area contributed by atoms with Gasteiger partial charge in [-0.2, -0.15) is 0 Å². The molecule has 1 heterocycles. The third kappa shape index (κ3) is 6.39. The molecule has 5 rings (SSSR count). The van der Waals surface area contributed by atoms with Crippen molar-refractivity contribution in [3.05, 3.63) is 131 Å². The minimum atomic E-state index is -0.528. The normalized spacial score (nSPS) is 15.1. The summed E-state index contributed by atoms with van der Waals surface area (Å²) in [5, 5.41) is 13.3. The lowest BCUT2D eigenvalue weighted by molar-refractivity contribution is -0.386. The maximum absolute atomic E-state index is 13.9. The number of halogens is 3. The highest BCUT2D eigenvalue weighted by Gasteiger charge is 2.35. The largest absolute Gasteiger partial charge is 0.481 e. The van der Waals surface area contributed by atoms with E-state index in [4.69, 9.17) is 32.9 Å². The second-order valence-corrected chi connectivity index (χ2v) is 12.1. The minimum Gasteiger partial charge on any atom is -0.481 e. The van der Waals surface area contributed by atoms with Gasteiger partial charge in [0.2, 0.25) is 5.75 Å². The van der Waals surface area contributed by atoms with E-state index in [0.717, 1.165) is 16.8 Å². The van der Waals surface area contributed by atoms with Gasteiger partial charge in [-0.1, -0.05) is 81.6 Å². The van der Waals surface area contributed by atoms with Crippen LogP contribution in [-0.4, -0.2) is 16.0 Å². The number of benzene rings is 4. The number of ether oxygens (including phenoxy) is 1. The van der Waals surface area contributed by atoms with Crippen molar-refractivity contribution >= 4 is 85.1 Å². The molecule has 0 radical (unpaired) electrons. The lowest BCUT2D eigenvalue weighted by Crippen LogP contribution is -2.28. The minimum absolute atomic E-state index is 0.00140. The molecule has 1 aliphatic heterocycles. The smallest absolute Gasteiger partial charge is 0.312 e. The molecule has 4 aromatic rings. The summed E-state index contributed by atoms with van der Waals surface area (Å²) in [7, 11) is 0. The predicted molar refractivity (Wildman–Crippen MR) is 174 cm³/mol. The molecule has 0 unspecified atom stereocenters. The molecule has 0 N–H and O–H groups in total. The van der Waals surface area contributed by atoms with Crippen LogP contribution in [0.3, 0.4) is 0 Å². The number of aryl methyl sites for hydroxylation is 2. The van der Waals surface area contributed by atoms with E-state index in [1.54, 1.807) is 35.2 Å². The molecular weight excluding hydrogens is 661 g/mol. The van der Waals surface area contributed by atoms with Crippen LogP contribution in [0, 0.1) is 24.0 Å². The zero-order valence-electron chi connectivity index (χ0n) is 22.3. The van der Waals surface area contributed by atoms with E-state index in [1.165, 1.54) is 17.8 Å². The molecule has 0 spiro atoms. The van der Waals surface area contributed by atoms with Gasteiger partial charge < -0.3 is 4.74 Å². The highest BCUT2D eigenvalue weighted by atomic mass is 79.9. The molecule has 11 heteroatoms. The maximum atomic E-state index is 13.9. The number of hydrogen-bond acceptors (Lipinski definition) is 6. The van der Waals surface area contributed by atoms with Gasteiger partial charge in [-0.25, -0.2) is 4.99 Å². The number of nitrogens with zero attached hydrogens (tertiary/aromatic N) is 3. The number of anilines is 1. The van der Waals surface area contributed by atoms with E-state index in [2.05, 4.69) is 15.9 Å². The molecular formula is C31H22BrCl2N3O4S. The summed E-state index contributed by atoms with van der Waals surface area (Å²) < 4.78 is 6.46. The number of carbonyl (C=O) groups excluding carboxylic acids is 1. The SMILES string of the molecule is Cc1cccc(C)c1N=C1S/C(=C\c2cc(Br)cc([N+](=O)[O-])c2OCc2ccc(Cl)cc2Cl)C(=O)N1c1ccccc1. The van der Waals surface area contributed by atoms with Crippen molar-refractivity contribution in [3.63, 3.8) is 0 Å². The third-order valence-electron chi connectivity index (χ3n) is 6.40. The number of carbonyl (C=O) groups is 1. The molecule has 1 amide bonds. The molecule has 0 atom stereocenters. The Kier molecular flexibility index (Phi) is 9.03. The molecule has 0 saturated carbocycles. The maximum Gasteiger partial charge on any atom is 0.312 e. The van der Waals surface area contributed by atoms with Crippen LogP contribution in [0.5, 0.6) is 5.75 Å². The molecule has 1 fully saturated rings. The second kappa shape index (κ2) is 12.7. The van der Waals surface area contributed by atoms with Gasteiger partial charge >= 0.3 is 5.69 Å². The van der Waals surface area contributed by atoms with Gasteiger partial charge in [0, 0.05) is 31.7 Å². The van der Waals surface area contributed by atoms with Gasteiger partial charge in [-0.05, 0) is 73.1 Å². The first-order chi connectivity index (χ1) is 20.1. The monoisotopic (exact) mass is 681 g/mol. The fraction of sp³-hybridized carbons (Fsp3) is 0.0968. The third-order valence-corrected chi connectivity index (χ3v) is 8.41. The standard InChI is InChI=1S/C31H22BrCl2N3O4S/c1-18-7-6-8-19(2)28(18)35-31-36(24-9-4-3-5-10-24)30(38)27(42-31)14-21-13-22(32)15-26(37(39)40)29(21)41-17-20-11-12-23(33)16-25(20)34/h3-16H,17H2,1-2H3/b27-14-,35-31?. The quantitative estimate of drug-likeness (QED) is 0.110. The first-order valence-corrected chi connectivity index (χ1v) is 15.0. The van der Waals surface area contributed by atoms with E-state index in [1.807, 2.05) is 62.4 Å². The molecule has 42 heavy (non-hydrogen) atoms. The van der Waals surface area contributed by atoms with Crippen LogP contribution >= 0.6 is 50.9 Å². The summed E-state index contributed by atoms with van der Waals surface area (Å²) in [6, 6.07) is 23.1. The molecule has 7 nitrogen and oxygen atoms in total. The van der Waals surface area contributed by atoms with Crippen molar-refractivity contribution < 1.29 is 14.5 Å². The topological polar surface area (TPSA) is 85.0 Å². The highest BCUT2D eigenvalue weighted by Crippen LogP contribution is 2.42. The van der Waals surface area contributed by atoms with Crippen molar-refractivity contribution in [2.75, 3.05) is 4.90 Å². The van der Waals surface area contributed by atoms with Gasteiger partial charge in [-0.3, -0.25) is 19.8 Å². The van der Waals surface area contributed by atoms with E-state index in [0.29, 0.717) is 41.4 Å². The lowest BCUT2D eigenvalue weighted by atomic mass is 10.1. The molecule has 1 aliphatic rings. The van der Waals surface area contributed by atoms with Crippen molar-refractivity contribution in [3.8, 4) is 5.75 Å². The summed E-state index contributed by atoms with van der Waals surface area (Å²) in [6.07, 6.45) is 1.59. The van der Waals surface area contributed by atoms with Gasteiger partial charge in [0.25, 0.3) is 5.91 Å². The van der Waals surface area contributed by atoms with Gasteiger partial charge in [-0.15, -0.1) is 0 Å². The fourth-order valence-corrected chi connectivity index (χ4v) is 6.27. The second-order valence-electron chi connectivity index (χ2n) is 9.35. The van der Waals surface area contributed by atoms with Crippen LogP contribution in [0.15, 0.2) is 93.2 Å². The number of para-hydroxylation sites is 2. The average molecular weight is 683 g/mol. The number of nitro benzene ring substituents is 1. The summed E-state index contributed by atoms with van der Waals surface area (Å²) >= 11 is 16.9. The summed E-state index contributed by atoms with van der Waals surface area (Å²) in [5.41, 5.74) is 4.05.